The predicted octanol–water partition coefficient (Wildman–Crippen LogP) is 7.02. The van der Waals surface area contributed by atoms with Crippen molar-refractivity contribution in [1.29, 1.82) is 0 Å². The van der Waals surface area contributed by atoms with Gasteiger partial charge < -0.3 is 14.5 Å². The molecular formula is C27H29FN2O4S. The molecule has 4 rings (SSSR count). The first kappa shape index (κ1) is 24.7. The van der Waals surface area contributed by atoms with Crippen LogP contribution in [-0.4, -0.2) is 30.3 Å². The molecule has 0 bridgehead atoms. The fourth-order valence-corrected chi connectivity index (χ4v) is 5.06. The van der Waals surface area contributed by atoms with Crippen molar-refractivity contribution in [2.45, 2.75) is 46.6 Å². The lowest BCUT2D eigenvalue weighted by atomic mass is 9.94. The van der Waals surface area contributed by atoms with Gasteiger partial charge in [0.25, 0.3) is 5.56 Å². The molecule has 0 saturated carbocycles. The minimum atomic E-state index is -0.698. The van der Waals surface area contributed by atoms with Crippen LogP contribution in [-0.2, 0) is 4.74 Å². The number of nitrogens with zero attached hydrogens (tertiary/aromatic N) is 1. The zero-order valence-corrected chi connectivity index (χ0v) is 21.6. The Labute approximate surface area is 207 Å². The molecule has 0 aliphatic rings. The Hall–Kier alpha value is -3.39. The summed E-state index contributed by atoms with van der Waals surface area (Å²) in [6.45, 7) is 9.46. The predicted molar refractivity (Wildman–Crippen MR) is 141 cm³/mol. The van der Waals surface area contributed by atoms with E-state index >= 15 is 4.39 Å². The zero-order chi connectivity index (χ0) is 25.5. The van der Waals surface area contributed by atoms with E-state index in [1.54, 1.807) is 45.4 Å². The Morgan fingerprint density at radius 1 is 1.17 bits per heavy atom. The maximum absolute atomic E-state index is 15.6. The zero-order valence-electron chi connectivity index (χ0n) is 20.7. The molecule has 0 radical (unpaired) electrons. The van der Waals surface area contributed by atoms with Gasteiger partial charge >= 0.3 is 6.09 Å². The first-order valence-corrected chi connectivity index (χ1v) is 12.4. The van der Waals surface area contributed by atoms with E-state index in [0.717, 1.165) is 16.3 Å². The average Bonchev–Trinajstić information content (AvgIpc) is 3.28. The third-order valence-corrected chi connectivity index (χ3v) is 6.45. The highest BCUT2D eigenvalue weighted by Crippen LogP contribution is 2.42. The van der Waals surface area contributed by atoms with Crippen LogP contribution in [0.15, 0.2) is 39.8 Å². The second-order valence-electron chi connectivity index (χ2n) is 9.47. The van der Waals surface area contributed by atoms with E-state index in [1.165, 1.54) is 22.3 Å². The van der Waals surface area contributed by atoms with Crippen molar-refractivity contribution in [3.8, 4) is 16.9 Å². The number of nitrogens with one attached hydrogen (secondary N) is 1. The van der Waals surface area contributed by atoms with Gasteiger partial charge in [0, 0.05) is 28.3 Å². The molecule has 0 atom stereocenters. The highest BCUT2D eigenvalue weighted by atomic mass is 32.1. The van der Waals surface area contributed by atoms with Crippen LogP contribution in [0.3, 0.4) is 0 Å². The number of aromatic amines is 1. The molecule has 1 amide bonds. The fourth-order valence-electron chi connectivity index (χ4n) is 4.24. The van der Waals surface area contributed by atoms with E-state index in [9.17, 15) is 9.59 Å². The Kier molecular flexibility index (Phi) is 6.60. The summed E-state index contributed by atoms with van der Waals surface area (Å²) in [5, 5.41) is 5.89. The Morgan fingerprint density at radius 3 is 2.51 bits per heavy atom. The number of carbonyl (C=O) groups is 1. The molecular weight excluding hydrogens is 467 g/mol. The number of carbonyl (C=O) groups excluding carboxylic acids is 1. The summed E-state index contributed by atoms with van der Waals surface area (Å²) >= 11 is 1.43. The number of aromatic nitrogens is 1. The molecule has 2 aromatic heterocycles. The molecule has 2 aromatic carbocycles. The molecule has 0 unspecified atom stereocenters. The molecule has 1 N–H and O–H groups in total. The van der Waals surface area contributed by atoms with E-state index in [1.807, 2.05) is 25.3 Å². The number of thiophene rings is 1. The van der Waals surface area contributed by atoms with Crippen LogP contribution in [0, 0.1) is 12.7 Å². The van der Waals surface area contributed by atoms with Gasteiger partial charge in [0.2, 0.25) is 0 Å². The molecule has 184 valence electrons. The van der Waals surface area contributed by atoms with E-state index in [0.29, 0.717) is 40.7 Å². The number of methoxy groups -OCH3 is 1. The molecule has 0 aliphatic carbocycles. The summed E-state index contributed by atoms with van der Waals surface area (Å²) in [7, 11) is 1.57. The van der Waals surface area contributed by atoms with Crippen LogP contribution in [0.25, 0.3) is 32.8 Å². The summed E-state index contributed by atoms with van der Waals surface area (Å²) in [6.07, 6.45) is 0.0438. The topological polar surface area (TPSA) is 71.6 Å². The maximum Gasteiger partial charge on any atom is 0.414 e. The number of amides is 1. The van der Waals surface area contributed by atoms with Crippen molar-refractivity contribution >= 4 is 44.8 Å². The monoisotopic (exact) mass is 496 g/mol. The minimum Gasteiger partial charge on any atom is -0.496 e. The summed E-state index contributed by atoms with van der Waals surface area (Å²) in [5.74, 6) is 0.0165. The van der Waals surface area contributed by atoms with Gasteiger partial charge in [0.15, 0.2) is 0 Å². The highest BCUT2D eigenvalue weighted by Gasteiger charge is 2.26. The van der Waals surface area contributed by atoms with Crippen molar-refractivity contribution < 1.29 is 18.7 Å². The van der Waals surface area contributed by atoms with Gasteiger partial charge in [-0.3, -0.25) is 9.69 Å². The largest absolute Gasteiger partial charge is 0.496 e. The van der Waals surface area contributed by atoms with Crippen LogP contribution < -0.4 is 15.2 Å². The van der Waals surface area contributed by atoms with E-state index in [4.69, 9.17) is 9.47 Å². The van der Waals surface area contributed by atoms with E-state index < -0.39 is 17.5 Å². The SMILES string of the molecule is CCCN(C(=O)OC(C)(C)C)c1ccc(-c2c(OC)cc(C)c3[nH]c(=O)c4cscc4c23)cc1F. The number of benzene rings is 2. The second kappa shape index (κ2) is 9.34. The fraction of sp³-hybridized carbons (Fsp3) is 0.333. The maximum atomic E-state index is 15.6. The minimum absolute atomic E-state index is 0.148. The van der Waals surface area contributed by atoms with Gasteiger partial charge in [-0.15, -0.1) is 0 Å². The standard InChI is InChI=1S/C27H29FN2O4S/c1-7-10-30(26(32)34-27(3,4)5)20-9-8-16(12-19(20)28)22-21(33-6)11-15(2)24-23(22)17-13-35-14-18(17)25(31)29-24/h8-9,11-14H,7,10H2,1-6H3,(H,29,31). The molecule has 6 nitrogen and oxygen atoms in total. The van der Waals surface area contributed by atoms with Crippen molar-refractivity contribution in [1.82, 2.24) is 4.98 Å². The number of aryl methyl sites for hydroxylation is 1. The molecule has 8 heteroatoms. The number of rotatable bonds is 5. The molecule has 4 aromatic rings. The van der Waals surface area contributed by atoms with Crippen LogP contribution in [0.1, 0.15) is 39.7 Å². The van der Waals surface area contributed by atoms with E-state index in [-0.39, 0.29) is 11.2 Å². The first-order chi connectivity index (χ1) is 16.6. The Bertz CT molecular complexity index is 1480. The second-order valence-corrected chi connectivity index (χ2v) is 10.2. The highest BCUT2D eigenvalue weighted by molar-refractivity contribution is 7.09. The summed E-state index contributed by atoms with van der Waals surface area (Å²) in [6, 6.07) is 6.59. The molecule has 2 heterocycles. The van der Waals surface area contributed by atoms with Gasteiger partial charge in [-0.25, -0.2) is 9.18 Å². The summed E-state index contributed by atoms with van der Waals surface area (Å²) in [4.78, 5) is 29.7. The number of hydrogen-bond donors (Lipinski definition) is 1. The van der Waals surface area contributed by atoms with E-state index in [2.05, 4.69) is 4.98 Å². The van der Waals surface area contributed by atoms with Gasteiger partial charge in [0.1, 0.15) is 17.2 Å². The molecule has 0 aliphatic heterocycles. The number of anilines is 1. The van der Waals surface area contributed by atoms with Crippen LogP contribution in [0.4, 0.5) is 14.9 Å². The smallest absolute Gasteiger partial charge is 0.414 e. The molecule has 0 saturated heterocycles. The van der Waals surface area contributed by atoms with Gasteiger partial charge in [-0.2, -0.15) is 11.3 Å². The van der Waals surface area contributed by atoms with Gasteiger partial charge in [0.05, 0.1) is 23.7 Å². The molecule has 0 spiro atoms. The lowest BCUT2D eigenvalue weighted by Gasteiger charge is -2.27. The van der Waals surface area contributed by atoms with Crippen LogP contribution in [0.2, 0.25) is 0 Å². The van der Waals surface area contributed by atoms with Crippen molar-refractivity contribution in [2.24, 2.45) is 0 Å². The summed E-state index contributed by atoms with van der Waals surface area (Å²) < 4.78 is 26.8. The Morgan fingerprint density at radius 2 is 1.89 bits per heavy atom. The lowest BCUT2D eigenvalue weighted by Crippen LogP contribution is -2.37. The quantitative estimate of drug-likeness (QED) is 0.322. The van der Waals surface area contributed by atoms with Crippen molar-refractivity contribution in [3.63, 3.8) is 0 Å². The number of fused-ring (bicyclic) bond motifs is 3. The summed E-state index contributed by atoms with van der Waals surface area (Å²) in [5.41, 5.74) is 2.07. The average molecular weight is 497 g/mol. The van der Waals surface area contributed by atoms with Crippen molar-refractivity contribution in [2.75, 3.05) is 18.6 Å². The number of halogens is 1. The third-order valence-electron chi connectivity index (χ3n) is 5.71. The number of hydrogen-bond acceptors (Lipinski definition) is 5. The van der Waals surface area contributed by atoms with Gasteiger partial charge in [-0.1, -0.05) is 13.0 Å². The number of H-pyrrole nitrogens is 1. The number of pyridine rings is 1. The van der Waals surface area contributed by atoms with Crippen LogP contribution in [0.5, 0.6) is 5.75 Å². The van der Waals surface area contributed by atoms with Crippen LogP contribution >= 0.6 is 11.3 Å². The molecule has 0 fully saturated rings. The lowest BCUT2D eigenvalue weighted by molar-refractivity contribution is 0.0579. The number of ether oxygens (including phenoxy) is 2. The van der Waals surface area contributed by atoms with Gasteiger partial charge in [-0.05, 0) is 68.8 Å². The Balaban J connectivity index is 1.92. The third kappa shape index (κ3) is 4.62. The normalized spacial score (nSPS) is 11.7. The first-order valence-electron chi connectivity index (χ1n) is 11.5. The molecule has 35 heavy (non-hydrogen) atoms. The van der Waals surface area contributed by atoms with Crippen molar-refractivity contribution in [3.05, 3.63) is 56.8 Å².